The normalized spacial score (nSPS) is 41.7. The van der Waals surface area contributed by atoms with Crippen molar-refractivity contribution >= 4 is 10.1 Å². The number of allylic oxidation sites excluding steroid dienone is 4. The summed E-state index contributed by atoms with van der Waals surface area (Å²) in [4.78, 5) is 0. The van der Waals surface area contributed by atoms with Gasteiger partial charge in [0.05, 0.1) is 0 Å². The van der Waals surface area contributed by atoms with Crippen LogP contribution in [0.3, 0.4) is 0 Å². The smallest absolute Gasteiger partial charge is 0.381 e. The molecule has 3 nitrogen and oxygen atoms in total. The third-order valence-electron chi connectivity index (χ3n) is 8.01. The van der Waals surface area contributed by atoms with Gasteiger partial charge in [0.1, 0.15) is 5.76 Å². The molecule has 0 radical (unpaired) electrons. The van der Waals surface area contributed by atoms with Crippen LogP contribution in [0.1, 0.15) is 65.2 Å². The maximum Gasteiger partial charge on any atom is 0.534 e. The minimum absolute atomic E-state index is 0.0870. The highest BCUT2D eigenvalue weighted by Gasteiger charge is 2.56. The maximum absolute atomic E-state index is 12.6. The fourth-order valence-corrected chi connectivity index (χ4v) is 7.05. The summed E-state index contributed by atoms with van der Waals surface area (Å²) in [6.45, 7) is 4.63. The van der Waals surface area contributed by atoms with E-state index in [0.717, 1.165) is 24.3 Å². The van der Waals surface area contributed by atoms with E-state index in [1.165, 1.54) is 25.7 Å². The molecule has 2 fully saturated rings. The van der Waals surface area contributed by atoms with Gasteiger partial charge in [-0.05, 0) is 78.8 Å². The molecule has 4 rings (SSSR count). The SMILES string of the molecule is CC12CCCC1C1CC=C3C=C(OS(=O)(=O)C(F)(F)F)CCC3(C)C1CC2. The van der Waals surface area contributed by atoms with E-state index in [9.17, 15) is 21.6 Å². The molecule has 4 aliphatic rings. The molecule has 0 saturated heterocycles. The van der Waals surface area contributed by atoms with Gasteiger partial charge in [0.25, 0.3) is 0 Å². The average molecular weight is 404 g/mol. The first-order valence-corrected chi connectivity index (χ1v) is 11.3. The summed E-state index contributed by atoms with van der Waals surface area (Å²) in [7, 11) is -5.59. The lowest BCUT2D eigenvalue weighted by molar-refractivity contribution is -0.0528. The Hall–Kier alpha value is -0.980. The van der Waals surface area contributed by atoms with Gasteiger partial charge in [-0.15, -0.1) is 0 Å². The molecule has 0 aromatic carbocycles. The van der Waals surface area contributed by atoms with Gasteiger partial charge in [-0.3, -0.25) is 0 Å². The van der Waals surface area contributed by atoms with Crippen LogP contribution in [0.5, 0.6) is 0 Å². The van der Waals surface area contributed by atoms with E-state index in [4.69, 9.17) is 0 Å². The van der Waals surface area contributed by atoms with Crippen LogP contribution in [0.15, 0.2) is 23.5 Å². The van der Waals surface area contributed by atoms with E-state index in [1.807, 2.05) is 0 Å². The lowest BCUT2D eigenvalue weighted by Crippen LogP contribution is -2.48. The van der Waals surface area contributed by atoms with Crippen LogP contribution in [0.4, 0.5) is 13.2 Å². The van der Waals surface area contributed by atoms with Gasteiger partial charge in [-0.25, -0.2) is 0 Å². The number of hydrogen-bond acceptors (Lipinski definition) is 3. The highest BCUT2D eigenvalue weighted by Crippen LogP contribution is 2.64. The Kier molecular flexibility index (Phi) is 4.30. The summed E-state index contributed by atoms with van der Waals surface area (Å²) in [5, 5.41) is 0. The van der Waals surface area contributed by atoms with Crippen molar-refractivity contribution in [3.63, 3.8) is 0 Å². The van der Waals surface area contributed by atoms with E-state index in [1.54, 1.807) is 6.08 Å². The average Bonchev–Trinajstić information content (AvgIpc) is 2.95. The molecule has 0 aromatic rings. The predicted molar refractivity (Wildman–Crippen MR) is 95.8 cm³/mol. The Morgan fingerprint density at radius 1 is 1.11 bits per heavy atom. The first kappa shape index (κ1) is 19.3. The fraction of sp³-hybridized carbons (Fsp3) is 0.800. The minimum Gasteiger partial charge on any atom is -0.381 e. The first-order chi connectivity index (χ1) is 12.5. The van der Waals surface area contributed by atoms with Crippen LogP contribution >= 0.6 is 0 Å². The van der Waals surface area contributed by atoms with E-state index < -0.39 is 15.6 Å². The Morgan fingerprint density at radius 2 is 1.85 bits per heavy atom. The zero-order valence-corrected chi connectivity index (χ0v) is 16.6. The molecule has 0 heterocycles. The number of fused-ring (bicyclic) bond motifs is 5. The topological polar surface area (TPSA) is 43.4 Å². The van der Waals surface area contributed by atoms with Crippen molar-refractivity contribution in [2.75, 3.05) is 0 Å². The highest BCUT2D eigenvalue weighted by molar-refractivity contribution is 7.87. The Labute approximate surface area is 159 Å². The molecule has 2 saturated carbocycles. The van der Waals surface area contributed by atoms with Gasteiger partial charge in [0, 0.05) is 6.42 Å². The second-order valence-electron chi connectivity index (χ2n) is 9.37. The fourth-order valence-electron chi connectivity index (χ4n) is 6.55. The van der Waals surface area contributed by atoms with E-state index >= 15 is 0 Å². The largest absolute Gasteiger partial charge is 0.534 e. The molecule has 4 aliphatic carbocycles. The molecule has 0 amide bonds. The number of halogens is 3. The quantitative estimate of drug-likeness (QED) is 0.438. The van der Waals surface area contributed by atoms with Crippen LogP contribution in [0, 0.1) is 28.6 Å². The van der Waals surface area contributed by atoms with E-state index in [0.29, 0.717) is 23.7 Å². The Bertz CT molecular complexity index is 798. The molecule has 0 N–H and O–H groups in total. The second kappa shape index (κ2) is 6.01. The summed E-state index contributed by atoms with van der Waals surface area (Å²) in [6, 6.07) is 0. The summed E-state index contributed by atoms with van der Waals surface area (Å²) in [6.07, 6.45) is 11.8. The van der Waals surface area contributed by atoms with Crippen molar-refractivity contribution in [2.24, 2.45) is 28.6 Å². The van der Waals surface area contributed by atoms with Gasteiger partial charge in [0.15, 0.2) is 0 Å². The molecule has 5 unspecified atom stereocenters. The lowest BCUT2D eigenvalue weighted by Gasteiger charge is -2.56. The van der Waals surface area contributed by atoms with Gasteiger partial charge in [0.2, 0.25) is 0 Å². The predicted octanol–water partition coefficient (Wildman–Crippen LogP) is 5.70. The van der Waals surface area contributed by atoms with Crippen molar-refractivity contribution in [2.45, 2.75) is 70.7 Å². The van der Waals surface area contributed by atoms with Gasteiger partial charge < -0.3 is 4.18 Å². The van der Waals surface area contributed by atoms with Crippen LogP contribution in [0.2, 0.25) is 0 Å². The Balaban J connectivity index is 1.61. The zero-order chi connectivity index (χ0) is 19.7. The molecule has 0 aromatic heterocycles. The molecular formula is C20H27F3O3S. The van der Waals surface area contributed by atoms with E-state index in [-0.39, 0.29) is 17.6 Å². The van der Waals surface area contributed by atoms with Crippen molar-refractivity contribution in [3.05, 3.63) is 23.5 Å². The zero-order valence-electron chi connectivity index (χ0n) is 15.8. The molecule has 0 spiro atoms. The van der Waals surface area contributed by atoms with Crippen LogP contribution < -0.4 is 0 Å². The molecule has 7 heteroatoms. The van der Waals surface area contributed by atoms with Gasteiger partial charge >= 0.3 is 15.6 Å². The number of rotatable bonds is 2. The highest BCUT2D eigenvalue weighted by atomic mass is 32.2. The van der Waals surface area contributed by atoms with Gasteiger partial charge in [-0.2, -0.15) is 21.6 Å². The van der Waals surface area contributed by atoms with Crippen LogP contribution in [-0.4, -0.2) is 13.9 Å². The first-order valence-electron chi connectivity index (χ1n) is 9.88. The minimum atomic E-state index is -5.59. The van der Waals surface area contributed by atoms with Crippen molar-refractivity contribution in [3.8, 4) is 0 Å². The third-order valence-corrected chi connectivity index (χ3v) is 9.01. The van der Waals surface area contributed by atoms with Gasteiger partial charge in [-0.1, -0.05) is 26.3 Å². The molecular weight excluding hydrogens is 377 g/mol. The third kappa shape index (κ3) is 2.95. The van der Waals surface area contributed by atoms with Crippen molar-refractivity contribution in [1.82, 2.24) is 0 Å². The van der Waals surface area contributed by atoms with E-state index in [2.05, 4.69) is 24.1 Å². The maximum atomic E-state index is 12.6. The summed E-state index contributed by atoms with van der Waals surface area (Å²) >= 11 is 0. The molecule has 0 bridgehead atoms. The number of hydrogen-bond donors (Lipinski definition) is 0. The molecule has 0 aliphatic heterocycles. The summed E-state index contributed by atoms with van der Waals surface area (Å²) < 4.78 is 65.0. The molecule has 27 heavy (non-hydrogen) atoms. The lowest BCUT2D eigenvalue weighted by atomic mass is 9.49. The molecule has 152 valence electrons. The number of alkyl halides is 3. The summed E-state index contributed by atoms with van der Waals surface area (Å²) in [5.41, 5.74) is -4.08. The standard InChI is InChI=1S/C20H27F3O3S/c1-18-9-3-4-16(18)15-6-5-13-12-14(26-27(24,25)20(21,22)23)7-11-19(13,2)17(15)8-10-18/h5,12,15-17H,3-4,6-11H2,1-2H3. The van der Waals surface area contributed by atoms with Crippen molar-refractivity contribution < 1.29 is 25.8 Å². The summed E-state index contributed by atoms with van der Waals surface area (Å²) in [5.74, 6) is 1.80. The monoisotopic (exact) mass is 404 g/mol. The van der Waals surface area contributed by atoms with Crippen molar-refractivity contribution in [1.29, 1.82) is 0 Å². The van der Waals surface area contributed by atoms with Crippen LogP contribution in [0.25, 0.3) is 0 Å². The molecule has 5 atom stereocenters. The van der Waals surface area contributed by atoms with Crippen LogP contribution in [-0.2, 0) is 14.3 Å². The second-order valence-corrected chi connectivity index (χ2v) is 10.9. The Morgan fingerprint density at radius 3 is 2.56 bits per heavy atom.